The third-order valence-electron chi connectivity index (χ3n) is 2.98. The summed E-state index contributed by atoms with van der Waals surface area (Å²) in [7, 11) is 3.44. The molecule has 1 aromatic rings. The molecule has 0 saturated carbocycles. The number of amides is 1. The Bertz CT molecular complexity index is 399. The second-order valence-electron chi connectivity index (χ2n) is 4.21. The minimum Gasteiger partial charge on any atom is -0.383 e. The maximum absolute atomic E-state index is 12.4. The molecule has 0 radical (unpaired) electrons. The first-order valence-corrected chi connectivity index (χ1v) is 6.63. The molecule has 0 unspecified atom stereocenters. The Morgan fingerprint density at radius 2 is 2.16 bits per heavy atom. The molecule has 0 aromatic carbocycles. The van der Waals surface area contributed by atoms with E-state index in [0.717, 1.165) is 17.9 Å². The molecule has 0 atom stereocenters. The first-order chi connectivity index (χ1) is 9.15. The number of hydrogen-bond donors (Lipinski definition) is 1. The first kappa shape index (κ1) is 15.4. The van der Waals surface area contributed by atoms with Crippen molar-refractivity contribution in [1.82, 2.24) is 9.88 Å². The number of likely N-dealkylation sites (N-methyl/N-ethyl adjacent to an activating group) is 1. The zero-order valence-corrected chi connectivity index (χ0v) is 12.2. The number of anilines is 1. The lowest BCUT2D eigenvalue weighted by Crippen LogP contribution is -2.33. The zero-order valence-electron chi connectivity index (χ0n) is 12.2. The monoisotopic (exact) mass is 265 g/mol. The van der Waals surface area contributed by atoms with Crippen LogP contribution in [0.3, 0.4) is 0 Å². The molecule has 0 aliphatic rings. The number of hydrogen-bond acceptors (Lipinski definition) is 4. The summed E-state index contributed by atoms with van der Waals surface area (Å²) in [5.74, 6) is 0.749. The molecule has 0 bridgehead atoms. The van der Waals surface area contributed by atoms with Crippen LogP contribution in [0.4, 0.5) is 5.82 Å². The van der Waals surface area contributed by atoms with Crippen LogP contribution in [0.5, 0.6) is 0 Å². The van der Waals surface area contributed by atoms with Gasteiger partial charge in [-0.2, -0.15) is 0 Å². The van der Waals surface area contributed by atoms with Gasteiger partial charge in [0.2, 0.25) is 0 Å². The predicted molar refractivity (Wildman–Crippen MR) is 76.6 cm³/mol. The third kappa shape index (κ3) is 4.21. The Morgan fingerprint density at radius 3 is 2.68 bits per heavy atom. The SMILES string of the molecule is CCc1cc(C(=O)N(CC)CCOC)cc(NC)n1. The molecule has 0 fully saturated rings. The quantitative estimate of drug-likeness (QED) is 0.816. The maximum atomic E-state index is 12.4. The van der Waals surface area contributed by atoms with Crippen LogP contribution in [0.15, 0.2) is 12.1 Å². The molecule has 1 heterocycles. The van der Waals surface area contributed by atoms with E-state index in [1.165, 1.54) is 0 Å². The Morgan fingerprint density at radius 1 is 1.42 bits per heavy atom. The second-order valence-corrected chi connectivity index (χ2v) is 4.21. The van der Waals surface area contributed by atoms with E-state index >= 15 is 0 Å². The highest BCUT2D eigenvalue weighted by Crippen LogP contribution is 2.13. The number of aryl methyl sites for hydroxylation is 1. The highest BCUT2D eigenvalue weighted by atomic mass is 16.5. The highest BCUT2D eigenvalue weighted by Gasteiger charge is 2.15. The predicted octanol–water partition coefficient (Wildman–Crippen LogP) is 1.79. The van der Waals surface area contributed by atoms with Gasteiger partial charge in [0.25, 0.3) is 5.91 Å². The molecule has 0 aliphatic heterocycles. The van der Waals surface area contributed by atoms with E-state index in [4.69, 9.17) is 4.74 Å². The van der Waals surface area contributed by atoms with Gasteiger partial charge in [-0.1, -0.05) is 6.92 Å². The van der Waals surface area contributed by atoms with Gasteiger partial charge in [-0.3, -0.25) is 4.79 Å². The number of methoxy groups -OCH3 is 1. The van der Waals surface area contributed by atoms with Crippen LogP contribution in [-0.4, -0.2) is 49.6 Å². The fourth-order valence-corrected chi connectivity index (χ4v) is 1.81. The lowest BCUT2D eigenvalue weighted by Gasteiger charge is -2.21. The van der Waals surface area contributed by atoms with Crippen molar-refractivity contribution in [3.05, 3.63) is 23.4 Å². The largest absolute Gasteiger partial charge is 0.383 e. The number of ether oxygens (including phenoxy) is 1. The summed E-state index contributed by atoms with van der Waals surface area (Å²) in [6.45, 7) is 5.81. The number of nitrogens with one attached hydrogen (secondary N) is 1. The van der Waals surface area contributed by atoms with Crippen LogP contribution in [0.1, 0.15) is 29.9 Å². The van der Waals surface area contributed by atoms with Crippen molar-refractivity contribution in [2.45, 2.75) is 20.3 Å². The van der Waals surface area contributed by atoms with Gasteiger partial charge in [-0.15, -0.1) is 0 Å². The lowest BCUT2D eigenvalue weighted by atomic mass is 10.1. The number of carbonyl (C=O) groups excluding carboxylic acids is 1. The zero-order chi connectivity index (χ0) is 14.3. The molecule has 0 aliphatic carbocycles. The van der Waals surface area contributed by atoms with Gasteiger partial charge < -0.3 is 15.0 Å². The first-order valence-electron chi connectivity index (χ1n) is 6.63. The summed E-state index contributed by atoms with van der Waals surface area (Å²) in [5, 5.41) is 2.99. The van der Waals surface area contributed by atoms with Crippen LogP contribution < -0.4 is 5.32 Å². The molecule has 1 rings (SSSR count). The minimum atomic E-state index is 0.0214. The van der Waals surface area contributed by atoms with E-state index in [1.807, 2.05) is 19.9 Å². The smallest absolute Gasteiger partial charge is 0.254 e. The summed E-state index contributed by atoms with van der Waals surface area (Å²) in [6, 6.07) is 3.65. The topological polar surface area (TPSA) is 54.5 Å². The molecule has 0 saturated heterocycles. The summed E-state index contributed by atoms with van der Waals surface area (Å²) in [5.41, 5.74) is 1.59. The van der Waals surface area contributed by atoms with E-state index in [1.54, 1.807) is 25.1 Å². The van der Waals surface area contributed by atoms with E-state index in [9.17, 15) is 4.79 Å². The molecule has 106 valence electrons. The van der Waals surface area contributed by atoms with Crippen molar-refractivity contribution < 1.29 is 9.53 Å². The van der Waals surface area contributed by atoms with Crippen molar-refractivity contribution in [3.63, 3.8) is 0 Å². The Labute approximate surface area is 115 Å². The molecule has 5 heteroatoms. The molecule has 5 nitrogen and oxygen atoms in total. The highest BCUT2D eigenvalue weighted by molar-refractivity contribution is 5.95. The molecule has 1 aromatic heterocycles. The lowest BCUT2D eigenvalue weighted by molar-refractivity contribution is 0.0706. The van der Waals surface area contributed by atoms with Gasteiger partial charge in [-0.25, -0.2) is 4.98 Å². The Kier molecular flexibility index (Phi) is 6.29. The maximum Gasteiger partial charge on any atom is 0.254 e. The van der Waals surface area contributed by atoms with Crippen molar-refractivity contribution in [3.8, 4) is 0 Å². The fourth-order valence-electron chi connectivity index (χ4n) is 1.81. The van der Waals surface area contributed by atoms with Gasteiger partial charge in [-0.05, 0) is 25.5 Å². The number of rotatable bonds is 7. The van der Waals surface area contributed by atoms with E-state index < -0.39 is 0 Å². The average Bonchev–Trinajstić information content (AvgIpc) is 2.47. The molecule has 1 N–H and O–H groups in total. The number of pyridine rings is 1. The second kappa shape index (κ2) is 7.74. The van der Waals surface area contributed by atoms with E-state index in [0.29, 0.717) is 25.3 Å². The molecule has 1 amide bonds. The Hall–Kier alpha value is -1.62. The van der Waals surface area contributed by atoms with E-state index in [-0.39, 0.29) is 5.91 Å². The van der Waals surface area contributed by atoms with Crippen LogP contribution in [0.2, 0.25) is 0 Å². The van der Waals surface area contributed by atoms with Gasteiger partial charge in [0.05, 0.1) is 6.61 Å². The van der Waals surface area contributed by atoms with Gasteiger partial charge in [0.15, 0.2) is 0 Å². The Balaban J connectivity index is 2.96. The summed E-state index contributed by atoms with van der Waals surface area (Å²) in [4.78, 5) is 18.6. The average molecular weight is 265 g/mol. The van der Waals surface area contributed by atoms with Crippen LogP contribution >= 0.6 is 0 Å². The summed E-state index contributed by atoms with van der Waals surface area (Å²) < 4.78 is 5.03. The third-order valence-corrected chi connectivity index (χ3v) is 2.98. The van der Waals surface area contributed by atoms with Gasteiger partial charge in [0.1, 0.15) is 5.82 Å². The van der Waals surface area contributed by atoms with Crippen LogP contribution in [0, 0.1) is 0 Å². The van der Waals surface area contributed by atoms with Crippen molar-refractivity contribution in [2.24, 2.45) is 0 Å². The molecular formula is C14H23N3O2. The van der Waals surface area contributed by atoms with Crippen molar-refractivity contribution in [2.75, 3.05) is 39.2 Å². The molecule has 0 spiro atoms. The number of aromatic nitrogens is 1. The van der Waals surface area contributed by atoms with Crippen LogP contribution in [0.25, 0.3) is 0 Å². The van der Waals surface area contributed by atoms with Crippen molar-refractivity contribution >= 4 is 11.7 Å². The van der Waals surface area contributed by atoms with Gasteiger partial charge in [0, 0.05) is 38.5 Å². The minimum absolute atomic E-state index is 0.0214. The summed E-state index contributed by atoms with van der Waals surface area (Å²) in [6.07, 6.45) is 0.806. The fraction of sp³-hybridized carbons (Fsp3) is 0.571. The standard InChI is InChI=1S/C14H23N3O2/c1-5-12-9-11(10-13(15-3)16-12)14(18)17(6-2)7-8-19-4/h9-10H,5-8H2,1-4H3,(H,15,16). The summed E-state index contributed by atoms with van der Waals surface area (Å²) >= 11 is 0. The number of nitrogens with zero attached hydrogens (tertiary/aromatic N) is 2. The molecule has 19 heavy (non-hydrogen) atoms. The number of carbonyl (C=O) groups is 1. The van der Waals surface area contributed by atoms with Crippen LogP contribution in [-0.2, 0) is 11.2 Å². The molecular weight excluding hydrogens is 242 g/mol. The normalized spacial score (nSPS) is 10.3. The van der Waals surface area contributed by atoms with Gasteiger partial charge >= 0.3 is 0 Å². The van der Waals surface area contributed by atoms with E-state index in [2.05, 4.69) is 10.3 Å². The van der Waals surface area contributed by atoms with Crippen molar-refractivity contribution in [1.29, 1.82) is 0 Å².